The number of carbonyl (C=O) groups excluding carboxylic acids is 2. The predicted molar refractivity (Wildman–Crippen MR) is 159 cm³/mol. The number of halogens is 2. The normalized spacial score (nSPS) is 14.8. The van der Waals surface area contributed by atoms with Crippen LogP contribution < -0.4 is 9.62 Å². The van der Waals surface area contributed by atoms with E-state index in [-0.39, 0.29) is 34.1 Å². The van der Waals surface area contributed by atoms with Crippen molar-refractivity contribution in [2.45, 2.75) is 62.6 Å². The maximum atomic E-state index is 14.0. The molecule has 40 heavy (non-hydrogen) atoms. The van der Waals surface area contributed by atoms with Crippen LogP contribution in [0.25, 0.3) is 0 Å². The van der Waals surface area contributed by atoms with E-state index in [4.69, 9.17) is 23.2 Å². The van der Waals surface area contributed by atoms with Gasteiger partial charge in [-0.15, -0.1) is 0 Å². The second kappa shape index (κ2) is 13.5. The Labute approximate surface area is 246 Å². The summed E-state index contributed by atoms with van der Waals surface area (Å²) >= 11 is 12.9. The number of nitrogens with one attached hydrogen (secondary N) is 1. The first kappa shape index (κ1) is 29.9. The Balaban J connectivity index is 1.68. The van der Waals surface area contributed by atoms with Gasteiger partial charge in [0.15, 0.2) is 0 Å². The number of sulfonamides is 1. The molecule has 7 nitrogen and oxygen atoms in total. The Kier molecular flexibility index (Phi) is 10.1. The Morgan fingerprint density at radius 3 is 2.12 bits per heavy atom. The van der Waals surface area contributed by atoms with E-state index in [9.17, 15) is 18.0 Å². The van der Waals surface area contributed by atoms with Crippen molar-refractivity contribution in [3.05, 3.63) is 94.5 Å². The third-order valence-electron chi connectivity index (χ3n) is 7.15. The minimum absolute atomic E-state index is 0.0171. The number of amides is 2. The summed E-state index contributed by atoms with van der Waals surface area (Å²) in [7, 11) is -4.18. The maximum absolute atomic E-state index is 14.0. The van der Waals surface area contributed by atoms with Crippen LogP contribution in [-0.2, 0) is 26.2 Å². The molecule has 0 bridgehead atoms. The molecule has 2 amide bonds. The molecule has 3 aromatic rings. The highest BCUT2D eigenvalue weighted by atomic mass is 35.5. The van der Waals surface area contributed by atoms with Crippen LogP contribution in [0.3, 0.4) is 0 Å². The number of rotatable bonds is 10. The predicted octanol–water partition coefficient (Wildman–Crippen LogP) is 6.05. The Morgan fingerprint density at radius 1 is 0.875 bits per heavy atom. The maximum Gasteiger partial charge on any atom is 0.264 e. The Hall–Kier alpha value is -3.07. The molecular formula is C30H33Cl2N3O4S. The highest BCUT2D eigenvalue weighted by Gasteiger charge is 2.34. The summed E-state index contributed by atoms with van der Waals surface area (Å²) in [6.07, 6.45) is 5.03. The zero-order valence-electron chi connectivity index (χ0n) is 22.3. The summed E-state index contributed by atoms with van der Waals surface area (Å²) in [6.45, 7) is 1.12. The van der Waals surface area contributed by atoms with Crippen LogP contribution in [0.4, 0.5) is 5.69 Å². The van der Waals surface area contributed by atoms with Crippen LogP contribution in [0, 0.1) is 0 Å². The molecule has 0 spiro atoms. The van der Waals surface area contributed by atoms with E-state index in [1.165, 1.54) is 17.0 Å². The molecule has 212 valence electrons. The van der Waals surface area contributed by atoms with Gasteiger partial charge >= 0.3 is 0 Å². The smallest absolute Gasteiger partial charge is 0.264 e. The van der Waals surface area contributed by atoms with Gasteiger partial charge in [-0.05, 0) is 55.7 Å². The molecule has 0 heterocycles. The number of anilines is 1. The molecule has 0 saturated heterocycles. The quantitative estimate of drug-likeness (QED) is 0.306. The fraction of sp³-hybridized carbons (Fsp3) is 0.333. The fourth-order valence-electron chi connectivity index (χ4n) is 4.85. The van der Waals surface area contributed by atoms with Gasteiger partial charge in [-0.25, -0.2) is 8.42 Å². The van der Waals surface area contributed by atoms with Crippen LogP contribution >= 0.6 is 23.2 Å². The van der Waals surface area contributed by atoms with E-state index < -0.39 is 28.5 Å². The summed E-state index contributed by atoms with van der Waals surface area (Å²) < 4.78 is 28.6. The first-order valence-electron chi connectivity index (χ1n) is 13.3. The van der Waals surface area contributed by atoms with Gasteiger partial charge in [-0.2, -0.15) is 0 Å². The van der Waals surface area contributed by atoms with E-state index in [2.05, 4.69) is 5.32 Å². The fourth-order valence-corrected chi connectivity index (χ4v) is 6.79. The van der Waals surface area contributed by atoms with Crippen molar-refractivity contribution in [3.63, 3.8) is 0 Å². The van der Waals surface area contributed by atoms with Crippen LogP contribution in [0.2, 0.25) is 10.0 Å². The molecule has 1 saturated carbocycles. The number of hydrogen-bond donors (Lipinski definition) is 1. The van der Waals surface area contributed by atoms with E-state index in [0.29, 0.717) is 10.6 Å². The van der Waals surface area contributed by atoms with Crippen LogP contribution in [0.15, 0.2) is 83.8 Å². The average Bonchev–Trinajstić information content (AvgIpc) is 2.96. The van der Waals surface area contributed by atoms with Crippen molar-refractivity contribution >= 4 is 50.7 Å². The second-order valence-electron chi connectivity index (χ2n) is 9.91. The summed E-state index contributed by atoms with van der Waals surface area (Å²) in [5.74, 6) is -0.854. The van der Waals surface area contributed by atoms with E-state index in [0.717, 1.165) is 36.4 Å². The van der Waals surface area contributed by atoms with Gasteiger partial charge in [0.25, 0.3) is 10.0 Å². The number of para-hydroxylation sites is 1. The lowest BCUT2D eigenvalue weighted by Gasteiger charge is -2.33. The molecule has 1 fully saturated rings. The standard InChI is InChI=1S/C30H33Cl2N3O4S/c1-22(30(37)33-24-13-4-2-5-14-24)34(20-23-12-8-9-17-26(23)31)29(36)21-35(28-19-11-10-18-27(28)32)40(38,39)25-15-6-3-7-16-25/h3,6-12,15-19,22,24H,2,4-5,13-14,20-21H2,1H3,(H,33,37). The number of carbonyl (C=O) groups is 2. The SMILES string of the molecule is CC(C(=O)NC1CCCCC1)N(Cc1ccccc1Cl)C(=O)CN(c1ccccc1Cl)S(=O)(=O)c1ccccc1. The van der Waals surface area contributed by atoms with Crippen molar-refractivity contribution in [1.29, 1.82) is 0 Å². The van der Waals surface area contributed by atoms with Gasteiger partial charge in [-0.1, -0.05) is 91.0 Å². The van der Waals surface area contributed by atoms with Gasteiger partial charge in [0.2, 0.25) is 11.8 Å². The summed E-state index contributed by atoms with van der Waals surface area (Å²) in [4.78, 5) is 28.8. The van der Waals surface area contributed by atoms with Crippen molar-refractivity contribution in [2.75, 3.05) is 10.8 Å². The largest absolute Gasteiger partial charge is 0.352 e. The van der Waals surface area contributed by atoms with Gasteiger partial charge in [0, 0.05) is 17.6 Å². The zero-order chi connectivity index (χ0) is 28.7. The lowest BCUT2D eigenvalue weighted by Crippen LogP contribution is -2.53. The molecule has 1 atom stereocenters. The zero-order valence-corrected chi connectivity index (χ0v) is 24.6. The minimum atomic E-state index is -4.18. The minimum Gasteiger partial charge on any atom is -0.352 e. The lowest BCUT2D eigenvalue weighted by atomic mass is 9.95. The highest BCUT2D eigenvalue weighted by molar-refractivity contribution is 7.92. The molecule has 1 unspecified atom stereocenters. The average molecular weight is 603 g/mol. The summed E-state index contributed by atoms with van der Waals surface area (Å²) in [5, 5.41) is 3.71. The molecular weight excluding hydrogens is 569 g/mol. The third-order valence-corrected chi connectivity index (χ3v) is 9.61. The van der Waals surface area contributed by atoms with Crippen molar-refractivity contribution in [3.8, 4) is 0 Å². The van der Waals surface area contributed by atoms with Crippen LogP contribution in [-0.4, -0.2) is 43.8 Å². The lowest BCUT2D eigenvalue weighted by molar-refractivity contribution is -0.139. The van der Waals surface area contributed by atoms with Gasteiger partial charge < -0.3 is 10.2 Å². The Morgan fingerprint density at radius 2 is 1.48 bits per heavy atom. The van der Waals surface area contributed by atoms with Gasteiger partial charge in [0.05, 0.1) is 15.6 Å². The molecule has 4 rings (SSSR count). The molecule has 1 aliphatic carbocycles. The van der Waals surface area contributed by atoms with E-state index in [1.54, 1.807) is 73.7 Å². The van der Waals surface area contributed by atoms with Crippen LogP contribution in [0.5, 0.6) is 0 Å². The number of benzene rings is 3. The van der Waals surface area contributed by atoms with Gasteiger partial charge in [0.1, 0.15) is 12.6 Å². The summed E-state index contributed by atoms with van der Waals surface area (Å²) in [5.41, 5.74) is 0.809. The number of hydrogen-bond acceptors (Lipinski definition) is 4. The van der Waals surface area contributed by atoms with E-state index >= 15 is 0 Å². The molecule has 0 aliphatic heterocycles. The first-order chi connectivity index (χ1) is 19.2. The molecule has 1 aliphatic rings. The van der Waals surface area contributed by atoms with Gasteiger partial charge in [-0.3, -0.25) is 13.9 Å². The first-order valence-corrected chi connectivity index (χ1v) is 15.5. The topological polar surface area (TPSA) is 86.8 Å². The highest BCUT2D eigenvalue weighted by Crippen LogP contribution is 2.31. The van der Waals surface area contributed by atoms with Crippen molar-refractivity contribution in [2.24, 2.45) is 0 Å². The monoisotopic (exact) mass is 601 g/mol. The molecule has 1 N–H and O–H groups in total. The van der Waals surface area contributed by atoms with Crippen LogP contribution in [0.1, 0.15) is 44.6 Å². The van der Waals surface area contributed by atoms with Crippen molar-refractivity contribution < 1.29 is 18.0 Å². The second-order valence-corrected chi connectivity index (χ2v) is 12.6. The Bertz CT molecular complexity index is 1430. The molecule has 10 heteroatoms. The molecule has 0 radical (unpaired) electrons. The van der Waals surface area contributed by atoms with E-state index in [1.807, 2.05) is 0 Å². The molecule has 0 aromatic heterocycles. The third kappa shape index (κ3) is 7.16. The summed E-state index contributed by atoms with van der Waals surface area (Å²) in [6, 6.07) is 20.6. The number of nitrogens with zero attached hydrogens (tertiary/aromatic N) is 2. The molecule has 3 aromatic carbocycles. The van der Waals surface area contributed by atoms with Crippen molar-refractivity contribution in [1.82, 2.24) is 10.2 Å².